The molecule has 2 aliphatic heterocycles. The Morgan fingerprint density at radius 1 is 1.17 bits per heavy atom. The van der Waals surface area contributed by atoms with Crippen LogP contribution in [0, 0.1) is 5.92 Å². The summed E-state index contributed by atoms with van der Waals surface area (Å²) in [5.41, 5.74) is 0.339. The van der Waals surface area contributed by atoms with Crippen LogP contribution in [-0.2, 0) is 9.47 Å². The first-order valence-corrected chi connectivity index (χ1v) is 12.4. The van der Waals surface area contributed by atoms with Gasteiger partial charge in [0.05, 0.1) is 0 Å². The molecule has 29 heavy (non-hydrogen) atoms. The van der Waals surface area contributed by atoms with Crippen LogP contribution in [0.5, 0.6) is 0 Å². The van der Waals surface area contributed by atoms with E-state index >= 15 is 0 Å². The monoisotopic (exact) mass is 540 g/mol. The summed E-state index contributed by atoms with van der Waals surface area (Å²) in [6.45, 7) is 7.89. The molecule has 0 aromatic carbocycles. The first-order chi connectivity index (χ1) is 13.8. The predicted molar refractivity (Wildman–Crippen MR) is 134 cm³/mol. The highest BCUT2D eigenvalue weighted by Crippen LogP contribution is 2.36. The van der Waals surface area contributed by atoms with Gasteiger partial charge in [-0.1, -0.05) is 12.8 Å². The van der Waals surface area contributed by atoms with Crippen LogP contribution in [0.25, 0.3) is 0 Å². The minimum absolute atomic E-state index is 0. The zero-order valence-electron chi connectivity index (χ0n) is 18.1. The molecule has 0 radical (unpaired) electrons. The van der Waals surface area contributed by atoms with Crippen LogP contribution in [-0.4, -0.2) is 87.6 Å². The van der Waals surface area contributed by atoms with E-state index in [1.54, 1.807) is 0 Å². The number of halogens is 1. The van der Waals surface area contributed by atoms with Crippen molar-refractivity contribution >= 4 is 41.7 Å². The van der Waals surface area contributed by atoms with E-state index in [1.165, 1.54) is 50.3 Å². The Morgan fingerprint density at radius 3 is 2.59 bits per heavy atom. The van der Waals surface area contributed by atoms with Crippen molar-refractivity contribution in [2.24, 2.45) is 10.9 Å². The molecule has 1 saturated carbocycles. The van der Waals surface area contributed by atoms with E-state index in [0.29, 0.717) is 11.5 Å². The number of thioether (sulfide) groups is 1. The van der Waals surface area contributed by atoms with Crippen molar-refractivity contribution in [1.29, 1.82) is 0 Å². The van der Waals surface area contributed by atoms with Gasteiger partial charge < -0.3 is 20.1 Å². The molecule has 0 aromatic rings. The normalized spacial score (nSPS) is 23.6. The van der Waals surface area contributed by atoms with Crippen molar-refractivity contribution in [3.8, 4) is 0 Å². The lowest BCUT2D eigenvalue weighted by molar-refractivity contribution is 0.0203. The SMILES string of the molecule is CN=C(NCCCOCC1CCOCC1)NCC1(N2CCSCC2)CCCC1.I. The summed E-state index contributed by atoms with van der Waals surface area (Å²) in [5.74, 6) is 4.18. The van der Waals surface area contributed by atoms with Gasteiger partial charge in [-0.25, -0.2) is 0 Å². The minimum atomic E-state index is 0. The van der Waals surface area contributed by atoms with Gasteiger partial charge in [-0.2, -0.15) is 11.8 Å². The second kappa shape index (κ2) is 14.3. The second-order valence-electron chi connectivity index (χ2n) is 8.37. The smallest absolute Gasteiger partial charge is 0.191 e. The zero-order valence-corrected chi connectivity index (χ0v) is 21.3. The second-order valence-corrected chi connectivity index (χ2v) is 9.59. The fraction of sp³-hybridized carbons (Fsp3) is 0.952. The van der Waals surface area contributed by atoms with Crippen molar-refractivity contribution in [2.45, 2.75) is 50.5 Å². The number of rotatable bonds is 9. The molecular formula is C21H41IN4O2S. The average Bonchev–Trinajstić information content (AvgIpc) is 3.24. The van der Waals surface area contributed by atoms with Crippen molar-refractivity contribution in [2.75, 3.05) is 71.2 Å². The molecule has 3 aliphatic rings. The standard InChI is InChI=1S/C21H40N4O2S.HI/c1-22-20(23-9-4-12-27-17-19-5-13-26-14-6-19)24-18-21(7-2-3-8-21)25-10-15-28-16-11-25;/h19H,2-18H2,1H3,(H2,22,23,24);1H. The molecule has 2 N–H and O–H groups in total. The van der Waals surface area contributed by atoms with Crippen LogP contribution in [0.15, 0.2) is 4.99 Å². The number of nitrogens with one attached hydrogen (secondary N) is 2. The van der Waals surface area contributed by atoms with Crippen molar-refractivity contribution < 1.29 is 9.47 Å². The molecule has 3 fully saturated rings. The summed E-state index contributed by atoms with van der Waals surface area (Å²) in [6.07, 6.45) is 8.67. The van der Waals surface area contributed by atoms with Gasteiger partial charge in [0.1, 0.15) is 0 Å². The largest absolute Gasteiger partial charge is 0.381 e. The van der Waals surface area contributed by atoms with Crippen molar-refractivity contribution in [3.63, 3.8) is 0 Å². The molecule has 0 aromatic heterocycles. The van der Waals surface area contributed by atoms with Gasteiger partial charge >= 0.3 is 0 Å². The molecule has 0 atom stereocenters. The average molecular weight is 541 g/mol. The zero-order chi connectivity index (χ0) is 19.5. The highest BCUT2D eigenvalue weighted by atomic mass is 127. The van der Waals surface area contributed by atoms with E-state index in [-0.39, 0.29) is 24.0 Å². The maximum absolute atomic E-state index is 5.86. The minimum Gasteiger partial charge on any atom is -0.381 e. The predicted octanol–water partition coefficient (Wildman–Crippen LogP) is 2.96. The molecule has 1 aliphatic carbocycles. The van der Waals surface area contributed by atoms with Crippen LogP contribution in [0.3, 0.4) is 0 Å². The summed E-state index contributed by atoms with van der Waals surface area (Å²) in [6, 6.07) is 0. The van der Waals surface area contributed by atoms with E-state index < -0.39 is 0 Å². The molecule has 0 unspecified atom stereocenters. The van der Waals surface area contributed by atoms with Gasteiger partial charge in [0.25, 0.3) is 0 Å². The Kier molecular flexibility index (Phi) is 12.6. The lowest BCUT2D eigenvalue weighted by Gasteiger charge is -2.43. The third kappa shape index (κ3) is 8.35. The fourth-order valence-electron chi connectivity index (χ4n) is 4.69. The third-order valence-electron chi connectivity index (χ3n) is 6.48. The Morgan fingerprint density at radius 2 is 1.90 bits per heavy atom. The molecule has 0 bridgehead atoms. The van der Waals surface area contributed by atoms with Crippen molar-refractivity contribution in [3.05, 3.63) is 0 Å². The van der Waals surface area contributed by atoms with Gasteiger partial charge in [-0.05, 0) is 38.0 Å². The first kappa shape index (κ1) is 25.5. The highest BCUT2D eigenvalue weighted by molar-refractivity contribution is 14.0. The summed E-state index contributed by atoms with van der Waals surface area (Å²) in [5, 5.41) is 7.10. The van der Waals surface area contributed by atoms with Crippen LogP contribution in [0.2, 0.25) is 0 Å². The summed E-state index contributed by atoms with van der Waals surface area (Å²) in [4.78, 5) is 7.18. The maximum atomic E-state index is 5.86. The van der Waals surface area contributed by atoms with Gasteiger partial charge in [0.15, 0.2) is 5.96 Å². The molecule has 0 amide bonds. The van der Waals surface area contributed by atoms with Crippen molar-refractivity contribution in [1.82, 2.24) is 15.5 Å². The summed E-state index contributed by atoms with van der Waals surface area (Å²) in [7, 11) is 1.87. The molecule has 6 nitrogen and oxygen atoms in total. The number of ether oxygens (including phenoxy) is 2. The lowest BCUT2D eigenvalue weighted by Crippen LogP contribution is -2.57. The number of aliphatic imine (C=N–C) groups is 1. The van der Waals surface area contributed by atoms with Crippen LogP contribution < -0.4 is 10.6 Å². The van der Waals surface area contributed by atoms with Gasteiger partial charge in [0.2, 0.25) is 0 Å². The topological polar surface area (TPSA) is 58.1 Å². The Bertz CT molecular complexity index is 466. The Hall–Kier alpha value is 0.230. The number of hydrogen-bond acceptors (Lipinski definition) is 5. The van der Waals surface area contributed by atoms with E-state index in [1.807, 2.05) is 7.05 Å². The molecule has 170 valence electrons. The molecular weight excluding hydrogens is 499 g/mol. The van der Waals surface area contributed by atoms with E-state index in [0.717, 1.165) is 64.7 Å². The molecule has 2 saturated heterocycles. The lowest BCUT2D eigenvalue weighted by atomic mass is 9.94. The van der Waals surface area contributed by atoms with E-state index in [2.05, 4.69) is 32.3 Å². The Labute approximate surface area is 198 Å². The number of hydrogen-bond donors (Lipinski definition) is 2. The number of nitrogens with zero attached hydrogens (tertiary/aromatic N) is 2. The van der Waals surface area contributed by atoms with Crippen LogP contribution in [0.1, 0.15) is 44.9 Å². The van der Waals surface area contributed by atoms with Crippen LogP contribution >= 0.6 is 35.7 Å². The fourth-order valence-corrected chi connectivity index (χ4v) is 5.59. The molecule has 2 heterocycles. The van der Waals surface area contributed by atoms with Gasteiger partial charge in [0, 0.05) is 76.7 Å². The quantitative estimate of drug-likeness (QED) is 0.203. The Balaban J connectivity index is 0.00000300. The maximum Gasteiger partial charge on any atom is 0.191 e. The highest BCUT2D eigenvalue weighted by Gasteiger charge is 2.39. The van der Waals surface area contributed by atoms with E-state index in [9.17, 15) is 0 Å². The molecule has 0 spiro atoms. The van der Waals surface area contributed by atoms with Gasteiger partial charge in [-0.15, -0.1) is 24.0 Å². The third-order valence-corrected chi connectivity index (χ3v) is 7.42. The summed E-state index contributed by atoms with van der Waals surface area (Å²) < 4.78 is 11.3. The number of guanidine groups is 1. The first-order valence-electron chi connectivity index (χ1n) is 11.3. The van der Waals surface area contributed by atoms with Crippen LogP contribution in [0.4, 0.5) is 0 Å². The molecule has 8 heteroatoms. The summed E-state index contributed by atoms with van der Waals surface area (Å²) >= 11 is 2.10. The molecule has 3 rings (SSSR count). The van der Waals surface area contributed by atoms with E-state index in [4.69, 9.17) is 9.47 Å². The van der Waals surface area contributed by atoms with Gasteiger partial charge in [-0.3, -0.25) is 9.89 Å².